The van der Waals surface area contributed by atoms with Gasteiger partial charge in [-0.25, -0.2) is 13.8 Å². The highest BCUT2D eigenvalue weighted by Gasteiger charge is 2.13. The van der Waals surface area contributed by atoms with E-state index < -0.39 is 11.6 Å². The molecule has 1 aromatic heterocycles. The number of aromatic nitrogens is 1. The van der Waals surface area contributed by atoms with E-state index in [2.05, 4.69) is 10.3 Å². The Balaban J connectivity index is 1.61. The van der Waals surface area contributed by atoms with Gasteiger partial charge in [0.05, 0.1) is 24.1 Å². The first-order valence-electron chi connectivity index (χ1n) is 8.48. The van der Waals surface area contributed by atoms with Gasteiger partial charge in [0.1, 0.15) is 17.4 Å². The highest BCUT2D eigenvalue weighted by molar-refractivity contribution is 5.92. The predicted molar refractivity (Wildman–Crippen MR) is 96.4 cm³/mol. The summed E-state index contributed by atoms with van der Waals surface area (Å²) in [7, 11) is 0. The number of hydrogen-bond acceptors (Lipinski definition) is 4. The Morgan fingerprint density at radius 2 is 2.04 bits per heavy atom. The van der Waals surface area contributed by atoms with E-state index in [-0.39, 0.29) is 30.1 Å². The molecule has 140 valence electrons. The van der Waals surface area contributed by atoms with Gasteiger partial charge in [-0.05, 0) is 31.2 Å². The van der Waals surface area contributed by atoms with Crippen molar-refractivity contribution in [3.63, 3.8) is 0 Å². The number of anilines is 1. The lowest BCUT2D eigenvalue weighted by Crippen LogP contribution is -2.13. The average Bonchev–Trinajstić information content (AvgIpc) is 3.10. The van der Waals surface area contributed by atoms with Gasteiger partial charge in [-0.1, -0.05) is 12.1 Å². The van der Waals surface area contributed by atoms with Crippen molar-refractivity contribution in [3.05, 3.63) is 66.2 Å². The molecule has 0 bridgehead atoms. The molecule has 5 nitrogen and oxygen atoms in total. The van der Waals surface area contributed by atoms with Crippen molar-refractivity contribution in [2.75, 3.05) is 11.9 Å². The van der Waals surface area contributed by atoms with Crippen LogP contribution in [0.2, 0.25) is 0 Å². The molecule has 1 amide bonds. The summed E-state index contributed by atoms with van der Waals surface area (Å²) < 4.78 is 37.7. The standard InChI is InChI=1S/C20H18F2N2O3/c1-2-26-17-6-4-3-5-16(17)24-19(25)9-10-20-23-12-18(27-20)14-8-7-13(21)11-15(14)22/h3-8,11-12H,2,9-10H2,1H3,(H,24,25). The molecule has 0 atom stereocenters. The van der Waals surface area contributed by atoms with E-state index in [1.165, 1.54) is 12.3 Å². The summed E-state index contributed by atoms with van der Waals surface area (Å²) in [6.07, 6.45) is 1.73. The van der Waals surface area contributed by atoms with E-state index in [1.807, 2.05) is 13.0 Å². The summed E-state index contributed by atoms with van der Waals surface area (Å²) in [6, 6.07) is 10.4. The number of para-hydroxylation sites is 2. The second kappa shape index (κ2) is 8.44. The van der Waals surface area contributed by atoms with Crippen LogP contribution in [0.1, 0.15) is 19.2 Å². The number of aryl methyl sites for hydroxylation is 1. The third-order valence-corrected chi connectivity index (χ3v) is 3.78. The highest BCUT2D eigenvalue weighted by Crippen LogP contribution is 2.26. The van der Waals surface area contributed by atoms with Crippen molar-refractivity contribution in [2.45, 2.75) is 19.8 Å². The molecule has 0 saturated carbocycles. The molecule has 0 aliphatic rings. The molecule has 27 heavy (non-hydrogen) atoms. The van der Waals surface area contributed by atoms with Crippen molar-refractivity contribution < 1.29 is 22.7 Å². The van der Waals surface area contributed by atoms with Gasteiger partial charge in [-0.15, -0.1) is 0 Å². The Morgan fingerprint density at radius 3 is 2.81 bits per heavy atom. The van der Waals surface area contributed by atoms with Gasteiger partial charge >= 0.3 is 0 Å². The fourth-order valence-corrected chi connectivity index (χ4v) is 2.52. The van der Waals surface area contributed by atoms with Crippen LogP contribution < -0.4 is 10.1 Å². The van der Waals surface area contributed by atoms with Crippen LogP contribution in [0.5, 0.6) is 5.75 Å². The Bertz CT molecular complexity index is 940. The van der Waals surface area contributed by atoms with Gasteiger partial charge in [0.25, 0.3) is 0 Å². The highest BCUT2D eigenvalue weighted by atomic mass is 19.1. The number of carbonyl (C=O) groups excluding carboxylic acids is 1. The normalized spacial score (nSPS) is 10.6. The van der Waals surface area contributed by atoms with E-state index in [0.29, 0.717) is 23.9 Å². The minimum absolute atomic E-state index is 0.116. The zero-order valence-corrected chi connectivity index (χ0v) is 14.7. The number of ether oxygens (including phenoxy) is 1. The lowest BCUT2D eigenvalue weighted by atomic mass is 10.2. The molecular weight excluding hydrogens is 354 g/mol. The first-order chi connectivity index (χ1) is 13.1. The van der Waals surface area contributed by atoms with Crippen LogP contribution in [0.4, 0.5) is 14.5 Å². The summed E-state index contributed by atoms with van der Waals surface area (Å²) in [5.41, 5.74) is 0.705. The lowest BCUT2D eigenvalue weighted by molar-refractivity contribution is -0.116. The van der Waals surface area contributed by atoms with Gasteiger partial charge in [-0.2, -0.15) is 0 Å². The fourth-order valence-electron chi connectivity index (χ4n) is 2.52. The first-order valence-corrected chi connectivity index (χ1v) is 8.48. The molecule has 0 unspecified atom stereocenters. The summed E-state index contributed by atoms with van der Waals surface area (Å²) in [6.45, 7) is 2.36. The monoisotopic (exact) mass is 372 g/mol. The number of benzene rings is 2. The summed E-state index contributed by atoms with van der Waals surface area (Å²) >= 11 is 0. The second-order valence-corrected chi connectivity index (χ2v) is 5.72. The maximum Gasteiger partial charge on any atom is 0.224 e. The van der Waals surface area contributed by atoms with Crippen LogP contribution in [0.25, 0.3) is 11.3 Å². The molecular formula is C20H18F2N2O3. The minimum Gasteiger partial charge on any atom is -0.492 e. The predicted octanol–water partition coefficient (Wildman–Crippen LogP) is 4.59. The zero-order valence-electron chi connectivity index (χ0n) is 14.7. The smallest absolute Gasteiger partial charge is 0.224 e. The Morgan fingerprint density at radius 1 is 1.22 bits per heavy atom. The maximum absolute atomic E-state index is 13.8. The van der Waals surface area contributed by atoms with Crippen LogP contribution in [0, 0.1) is 11.6 Å². The molecule has 2 aromatic carbocycles. The minimum atomic E-state index is -0.733. The maximum atomic E-state index is 13.8. The van der Waals surface area contributed by atoms with Gasteiger partial charge in [0, 0.05) is 18.9 Å². The second-order valence-electron chi connectivity index (χ2n) is 5.72. The molecule has 0 saturated heterocycles. The Labute approximate surface area is 155 Å². The van der Waals surface area contributed by atoms with E-state index in [9.17, 15) is 13.6 Å². The van der Waals surface area contributed by atoms with E-state index in [1.54, 1.807) is 18.2 Å². The average molecular weight is 372 g/mol. The number of nitrogens with zero attached hydrogens (tertiary/aromatic N) is 1. The largest absolute Gasteiger partial charge is 0.492 e. The molecule has 7 heteroatoms. The Kier molecular flexibility index (Phi) is 5.80. The number of amides is 1. The molecule has 3 rings (SSSR count). The molecule has 0 fully saturated rings. The summed E-state index contributed by atoms with van der Waals surface area (Å²) in [5.74, 6) is -0.553. The number of oxazole rings is 1. The van der Waals surface area contributed by atoms with Gasteiger partial charge in [0.2, 0.25) is 5.91 Å². The van der Waals surface area contributed by atoms with Crippen LogP contribution in [0.15, 0.2) is 53.1 Å². The van der Waals surface area contributed by atoms with Crippen molar-refractivity contribution in [3.8, 4) is 17.1 Å². The third kappa shape index (κ3) is 4.69. The third-order valence-electron chi connectivity index (χ3n) is 3.78. The van der Waals surface area contributed by atoms with Crippen LogP contribution in [-0.2, 0) is 11.2 Å². The molecule has 0 aliphatic carbocycles. The van der Waals surface area contributed by atoms with E-state index in [0.717, 1.165) is 12.1 Å². The molecule has 1 heterocycles. The van der Waals surface area contributed by atoms with Gasteiger partial charge in [0.15, 0.2) is 11.7 Å². The van der Waals surface area contributed by atoms with Crippen molar-refractivity contribution in [1.82, 2.24) is 4.98 Å². The van der Waals surface area contributed by atoms with Crippen LogP contribution in [0.3, 0.4) is 0 Å². The topological polar surface area (TPSA) is 64.4 Å². The summed E-state index contributed by atoms with van der Waals surface area (Å²) in [5, 5.41) is 2.78. The van der Waals surface area contributed by atoms with Crippen molar-refractivity contribution in [2.24, 2.45) is 0 Å². The molecule has 3 aromatic rings. The molecule has 0 radical (unpaired) electrons. The van der Waals surface area contributed by atoms with E-state index in [4.69, 9.17) is 9.15 Å². The first kappa shape index (κ1) is 18.6. The SMILES string of the molecule is CCOc1ccccc1NC(=O)CCc1ncc(-c2ccc(F)cc2F)o1. The van der Waals surface area contributed by atoms with Crippen molar-refractivity contribution >= 4 is 11.6 Å². The molecule has 1 N–H and O–H groups in total. The number of rotatable bonds is 7. The van der Waals surface area contributed by atoms with E-state index >= 15 is 0 Å². The zero-order chi connectivity index (χ0) is 19.2. The number of nitrogens with one attached hydrogen (secondary N) is 1. The van der Waals surface area contributed by atoms with Crippen LogP contribution >= 0.6 is 0 Å². The van der Waals surface area contributed by atoms with Gasteiger partial charge in [-0.3, -0.25) is 4.79 Å². The lowest BCUT2D eigenvalue weighted by Gasteiger charge is -2.10. The molecule has 0 aliphatic heterocycles. The number of halogens is 2. The summed E-state index contributed by atoms with van der Waals surface area (Å²) in [4.78, 5) is 16.2. The quantitative estimate of drug-likeness (QED) is 0.659. The van der Waals surface area contributed by atoms with Crippen molar-refractivity contribution in [1.29, 1.82) is 0 Å². The number of carbonyl (C=O) groups is 1. The number of hydrogen-bond donors (Lipinski definition) is 1. The van der Waals surface area contributed by atoms with Crippen LogP contribution in [-0.4, -0.2) is 17.5 Å². The van der Waals surface area contributed by atoms with Gasteiger partial charge < -0.3 is 14.5 Å². The Hall–Kier alpha value is -3.22. The fraction of sp³-hybridized carbons (Fsp3) is 0.200. The molecule has 0 spiro atoms.